The second-order valence-corrected chi connectivity index (χ2v) is 5.45. The molecule has 6 heteroatoms. The lowest BCUT2D eigenvalue weighted by molar-refractivity contribution is 0.406. The van der Waals surface area contributed by atoms with Crippen molar-refractivity contribution >= 4 is 19.7 Å². The SMILES string of the molecule is COc1ccc(CS(=O)(=O)Cl)c(O)c1. The lowest BCUT2D eigenvalue weighted by Gasteiger charge is -2.04. The summed E-state index contributed by atoms with van der Waals surface area (Å²) >= 11 is 0. The van der Waals surface area contributed by atoms with Crippen LogP contribution in [-0.2, 0) is 14.8 Å². The van der Waals surface area contributed by atoms with Crippen molar-refractivity contribution in [2.45, 2.75) is 5.75 Å². The minimum Gasteiger partial charge on any atom is -0.507 e. The molecular weight excluding hydrogens is 228 g/mol. The van der Waals surface area contributed by atoms with Crippen LogP contribution in [0.3, 0.4) is 0 Å². The Morgan fingerprint density at radius 3 is 2.57 bits per heavy atom. The number of phenolic OH excluding ortho intramolecular Hbond substituents is 1. The molecule has 78 valence electrons. The maximum Gasteiger partial charge on any atom is 0.236 e. The summed E-state index contributed by atoms with van der Waals surface area (Å²) in [6, 6.07) is 4.34. The fraction of sp³-hybridized carbons (Fsp3) is 0.250. The maximum absolute atomic E-state index is 10.7. The molecule has 0 saturated heterocycles. The largest absolute Gasteiger partial charge is 0.507 e. The number of rotatable bonds is 3. The minimum atomic E-state index is -3.65. The Balaban J connectivity index is 3.01. The molecule has 0 atom stereocenters. The van der Waals surface area contributed by atoms with Gasteiger partial charge in [0.1, 0.15) is 11.5 Å². The van der Waals surface area contributed by atoms with E-state index in [4.69, 9.17) is 15.4 Å². The monoisotopic (exact) mass is 236 g/mol. The van der Waals surface area contributed by atoms with E-state index < -0.39 is 14.8 Å². The Bertz CT molecular complexity index is 427. The van der Waals surface area contributed by atoms with Gasteiger partial charge in [0.15, 0.2) is 0 Å². The van der Waals surface area contributed by atoms with Gasteiger partial charge in [-0.3, -0.25) is 0 Å². The molecule has 0 radical (unpaired) electrons. The Morgan fingerprint density at radius 2 is 2.14 bits per heavy atom. The number of hydrogen-bond acceptors (Lipinski definition) is 4. The van der Waals surface area contributed by atoms with Crippen LogP contribution in [0.4, 0.5) is 0 Å². The molecule has 0 aliphatic carbocycles. The predicted octanol–water partition coefficient (Wildman–Crippen LogP) is 1.47. The zero-order chi connectivity index (χ0) is 10.8. The average molecular weight is 237 g/mol. The molecule has 0 fully saturated rings. The molecule has 0 unspecified atom stereocenters. The number of hydrogen-bond donors (Lipinski definition) is 1. The van der Waals surface area contributed by atoms with Crippen LogP contribution in [0.1, 0.15) is 5.56 Å². The Hall–Kier alpha value is -0.940. The van der Waals surface area contributed by atoms with Crippen molar-refractivity contribution in [1.29, 1.82) is 0 Å². The molecule has 0 heterocycles. The quantitative estimate of drug-likeness (QED) is 0.808. The van der Waals surface area contributed by atoms with Crippen molar-refractivity contribution in [2.24, 2.45) is 0 Å². The molecule has 1 aromatic rings. The van der Waals surface area contributed by atoms with Gasteiger partial charge in [-0.05, 0) is 6.07 Å². The van der Waals surface area contributed by atoms with Crippen LogP contribution < -0.4 is 4.74 Å². The number of benzene rings is 1. The van der Waals surface area contributed by atoms with Gasteiger partial charge in [0, 0.05) is 22.3 Å². The van der Waals surface area contributed by atoms with Gasteiger partial charge in [-0.15, -0.1) is 0 Å². The summed E-state index contributed by atoms with van der Waals surface area (Å²) in [7, 11) is 2.85. The fourth-order valence-electron chi connectivity index (χ4n) is 0.978. The first-order chi connectivity index (χ1) is 6.42. The number of halogens is 1. The van der Waals surface area contributed by atoms with Crippen molar-refractivity contribution in [3.63, 3.8) is 0 Å². The van der Waals surface area contributed by atoms with E-state index in [1.54, 1.807) is 6.07 Å². The molecule has 4 nitrogen and oxygen atoms in total. The zero-order valence-corrected chi connectivity index (χ0v) is 8.97. The van der Waals surface area contributed by atoms with Crippen LogP contribution in [-0.4, -0.2) is 20.6 Å². The van der Waals surface area contributed by atoms with Crippen LogP contribution in [0.25, 0.3) is 0 Å². The molecule has 0 amide bonds. The van der Waals surface area contributed by atoms with E-state index in [0.717, 1.165) is 0 Å². The van der Waals surface area contributed by atoms with E-state index in [0.29, 0.717) is 5.75 Å². The van der Waals surface area contributed by atoms with Crippen LogP contribution in [0.5, 0.6) is 11.5 Å². The summed E-state index contributed by atoms with van der Waals surface area (Å²) < 4.78 is 26.3. The molecule has 1 rings (SSSR count). The summed E-state index contributed by atoms with van der Waals surface area (Å²) in [4.78, 5) is 0. The highest BCUT2D eigenvalue weighted by molar-refractivity contribution is 8.13. The Kier molecular flexibility index (Phi) is 3.23. The number of methoxy groups -OCH3 is 1. The van der Waals surface area contributed by atoms with Gasteiger partial charge in [-0.25, -0.2) is 8.42 Å². The topological polar surface area (TPSA) is 63.6 Å². The molecule has 0 spiro atoms. The first kappa shape index (κ1) is 11.1. The smallest absolute Gasteiger partial charge is 0.236 e. The third-order valence-corrected chi connectivity index (χ3v) is 2.60. The molecule has 0 aliphatic rings. The summed E-state index contributed by atoms with van der Waals surface area (Å²) in [5, 5.41) is 9.38. The molecule has 14 heavy (non-hydrogen) atoms. The van der Waals surface area contributed by atoms with Gasteiger partial charge in [0.2, 0.25) is 9.05 Å². The van der Waals surface area contributed by atoms with Gasteiger partial charge in [-0.2, -0.15) is 0 Å². The van der Waals surface area contributed by atoms with Crippen LogP contribution in [0.15, 0.2) is 18.2 Å². The van der Waals surface area contributed by atoms with Crippen LogP contribution >= 0.6 is 10.7 Å². The average Bonchev–Trinajstić information content (AvgIpc) is 2.06. The molecule has 1 N–H and O–H groups in total. The molecular formula is C8H9ClO4S. The Labute approximate surface area is 86.5 Å². The predicted molar refractivity (Wildman–Crippen MR) is 53.1 cm³/mol. The Morgan fingerprint density at radius 1 is 1.50 bits per heavy atom. The van der Waals surface area contributed by atoms with Crippen LogP contribution in [0.2, 0.25) is 0 Å². The van der Waals surface area contributed by atoms with Crippen molar-refractivity contribution in [1.82, 2.24) is 0 Å². The fourth-order valence-corrected chi connectivity index (χ4v) is 1.95. The molecule has 0 aliphatic heterocycles. The lowest BCUT2D eigenvalue weighted by Crippen LogP contribution is -1.95. The third-order valence-electron chi connectivity index (χ3n) is 1.62. The number of phenols is 1. The second-order valence-electron chi connectivity index (χ2n) is 2.68. The first-order valence-corrected chi connectivity index (χ1v) is 6.18. The summed E-state index contributed by atoms with van der Waals surface area (Å²) in [6.45, 7) is 0. The van der Waals surface area contributed by atoms with Crippen molar-refractivity contribution in [3.05, 3.63) is 23.8 Å². The summed E-state index contributed by atoms with van der Waals surface area (Å²) in [6.07, 6.45) is 0. The van der Waals surface area contributed by atoms with E-state index >= 15 is 0 Å². The van der Waals surface area contributed by atoms with Gasteiger partial charge in [0.05, 0.1) is 12.9 Å². The van der Waals surface area contributed by atoms with Gasteiger partial charge in [-0.1, -0.05) is 6.07 Å². The van der Waals surface area contributed by atoms with Crippen molar-refractivity contribution in [3.8, 4) is 11.5 Å². The van der Waals surface area contributed by atoms with Crippen molar-refractivity contribution in [2.75, 3.05) is 7.11 Å². The zero-order valence-electron chi connectivity index (χ0n) is 7.40. The molecule has 0 saturated carbocycles. The maximum atomic E-state index is 10.7. The summed E-state index contributed by atoms with van der Waals surface area (Å²) in [5.41, 5.74) is 0.251. The van der Waals surface area contributed by atoms with Crippen molar-refractivity contribution < 1.29 is 18.3 Å². The second kappa shape index (κ2) is 4.06. The molecule has 0 bridgehead atoms. The van der Waals surface area contributed by atoms with Gasteiger partial charge >= 0.3 is 0 Å². The van der Waals surface area contributed by atoms with Gasteiger partial charge in [0.25, 0.3) is 0 Å². The highest BCUT2D eigenvalue weighted by atomic mass is 35.7. The normalized spacial score (nSPS) is 11.3. The van der Waals surface area contributed by atoms with Crippen LogP contribution in [0, 0.1) is 0 Å². The lowest BCUT2D eigenvalue weighted by atomic mass is 10.2. The number of aromatic hydroxyl groups is 1. The minimum absolute atomic E-state index is 0.145. The van der Waals surface area contributed by atoms with E-state index in [-0.39, 0.29) is 11.3 Å². The van der Waals surface area contributed by atoms with E-state index in [2.05, 4.69) is 0 Å². The molecule has 0 aromatic heterocycles. The van der Waals surface area contributed by atoms with Gasteiger partial charge < -0.3 is 9.84 Å². The highest BCUT2D eigenvalue weighted by Gasteiger charge is 2.11. The van der Waals surface area contributed by atoms with E-state index in [1.165, 1.54) is 19.2 Å². The third kappa shape index (κ3) is 3.08. The van der Waals surface area contributed by atoms with E-state index in [9.17, 15) is 13.5 Å². The number of ether oxygens (including phenoxy) is 1. The molecule has 1 aromatic carbocycles. The first-order valence-electron chi connectivity index (χ1n) is 3.70. The summed E-state index contributed by atoms with van der Waals surface area (Å²) in [5.74, 6) is -0.0866. The highest BCUT2D eigenvalue weighted by Crippen LogP contribution is 2.25. The van der Waals surface area contributed by atoms with E-state index in [1.807, 2.05) is 0 Å². The standard InChI is InChI=1S/C8H9ClO4S/c1-13-7-3-2-6(8(10)4-7)5-14(9,11)12/h2-4,10H,5H2,1H3.